The number of rotatable bonds is 6. The van der Waals surface area contributed by atoms with Crippen LogP contribution in [0.5, 0.6) is 0 Å². The Kier molecular flexibility index (Phi) is 6.11. The monoisotopic (exact) mass is 284 g/mol. The van der Waals surface area contributed by atoms with Gasteiger partial charge in [-0.05, 0) is 31.6 Å². The first-order valence-electron chi connectivity index (χ1n) is 5.38. The molecule has 16 heavy (non-hydrogen) atoms. The average molecular weight is 285 g/mol. The summed E-state index contributed by atoms with van der Waals surface area (Å²) >= 11 is 3.45. The summed E-state index contributed by atoms with van der Waals surface area (Å²) < 4.78 is 1.03. The van der Waals surface area contributed by atoms with Crippen molar-refractivity contribution in [1.82, 2.24) is 10.6 Å². The highest BCUT2D eigenvalue weighted by Gasteiger charge is 2.02. The molecule has 88 valence electrons. The van der Waals surface area contributed by atoms with Gasteiger partial charge in [0, 0.05) is 17.4 Å². The molecule has 0 atom stereocenters. The van der Waals surface area contributed by atoms with Crippen molar-refractivity contribution >= 4 is 21.8 Å². The Labute approximate surface area is 105 Å². The predicted molar refractivity (Wildman–Crippen MR) is 69.1 cm³/mol. The van der Waals surface area contributed by atoms with Crippen LogP contribution < -0.4 is 10.6 Å². The summed E-state index contributed by atoms with van der Waals surface area (Å²) in [5, 5.41) is 5.92. The van der Waals surface area contributed by atoms with Crippen LogP contribution in [0, 0.1) is 0 Å². The van der Waals surface area contributed by atoms with E-state index in [2.05, 4.69) is 26.6 Å². The number of carbonyl (C=O) groups excluding carboxylic acids is 1. The molecule has 0 unspecified atom stereocenters. The van der Waals surface area contributed by atoms with Crippen LogP contribution in [0.25, 0.3) is 0 Å². The second-order valence-electron chi connectivity index (χ2n) is 3.58. The number of amides is 1. The van der Waals surface area contributed by atoms with Crippen molar-refractivity contribution in [3.63, 3.8) is 0 Å². The summed E-state index contributed by atoms with van der Waals surface area (Å²) in [4.78, 5) is 11.4. The van der Waals surface area contributed by atoms with Crippen LogP contribution in [0.1, 0.15) is 18.4 Å². The zero-order chi connectivity index (χ0) is 11.8. The average Bonchev–Trinajstić information content (AvgIpc) is 2.28. The maximum Gasteiger partial charge on any atom is 0.220 e. The molecule has 0 saturated carbocycles. The lowest BCUT2D eigenvalue weighted by Gasteiger charge is -2.06. The Morgan fingerprint density at radius 1 is 1.38 bits per heavy atom. The summed E-state index contributed by atoms with van der Waals surface area (Å²) in [7, 11) is 1.89. The van der Waals surface area contributed by atoms with Gasteiger partial charge in [0.25, 0.3) is 0 Å². The van der Waals surface area contributed by atoms with E-state index in [0.29, 0.717) is 13.0 Å². The second kappa shape index (κ2) is 7.41. The third-order valence-corrected chi connectivity index (χ3v) is 3.04. The third kappa shape index (κ3) is 4.77. The van der Waals surface area contributed by atoms with E-state index in [0.717, 1.165) is 23.0 Å². The highest BCUT2D eigenvalue weighted by atomic mass is 79.9. The molecule has 0 aliphatic heterocycles. The first-order chi connectivity index (χ1) is 7.74. The topological polar surface area (TPSA) is 41.1 Å². The van der Waals surface area contributed by atoms with E-state index >= 15 is 0 Å². The van der Waals surface area contributed by atoms with Gasteiger partial charge in [0.2, 0.25) is 5.91 Å². The van der Waals surface area contributed by atoms with Crippen LogP contribution in [0.4, 0.5) is 0 Å². The van der Waals surface area contributed by atoms with E-state index in [1.165, 1.54) is 0 Å². The molecule has 2 N–H and O–H groups in total. The van der Waals surface area contributed by atoms with E-state index in [9.17, 15) is 4.79 Å². The molecule has 0 fully saturated rings. The summed E-state index contributed by atoms with van der Waals surface area (Å²) in [5.41, 5.74) is 1.10. The molecular formula is C12H17BrN2O. The minimum absolute atomic E-state index is 0.103. The Hall–Kier alpha value is -0.870. The summed E-state index contributed by atoms with van der Waals surface area (Å²) in [6.45, 7) is 1.46. The zero-order valence-corrected chi connectivity index (χ0v) is 11.0. The summed E-state index contributed by atoms with van der Waals surface area (Å²) in [5.74, 6) is 0.103. The minimum Gasteiger partial charge on any atom is -0.352 e. The number of hydrogen-bond donors (Lipinski definition) is 2. The van der Waals surface area contributed by atoms with E-state index < -0.39 is 0 Å². The van der Waals surface area contributed by atoms with Gasteiger partial charge in [0.15, 0.2) is 0 Å². The molecule has 0 bridgehead atoms. The number of benzene rings is 1. The number of halogens is 1. The fourth-order valence-electron chi connectivity index (χ4n) is 1.35. The van der Waals surface area contributed by atoms with Crippen molar-refractivity contribution in [1.29, 1.82) is 0 Å². The molecule has 0 aliphatic carbocycles. The highest BCUT2D eigenvalue weighted by molar-refractivity contribution is 9.10. The lowest BCUT2D eigenvalue weighted by molar-refractivity contribution is -0.121. The van der Waals surface area contributed by atoms with Gasteiger partial charge in [0.1, 0.15) is 0 Å². The van der Waals surface area contributed by atoms with E-state index in [1.54, 1.807) is 0 Å². The number of hydrogen-bond acceptors (Lipinski definition) is 2. The predicted octanol–water partition coefficient (Wildman–Crippen LogP) is 2.06. The lowest BCUT2D eigenvalue weighted by Crippen LogP contribution is -2.23. The van der Waals surface area contributed by atoms with Crippen molar-refractivity contribution < 1.29 is 4.79 Å². The van der Waals surface area contributed by atoms with Gasteiger partial charge in [-0.2, -0.15) is 0 Å². The van der Waals surface area contributed by atoms with E-state index in [-0.39, 0.29) is 5.91 Å². The van der Waals surface area contributed by atoms with E-state index in [4.69, 9.17) is 0 Å². The summed E-state index contributed by atoms with van der Waals surface area (Å²) in [6, 6.07) is 7.90. The smallest absolute Gasteiger partial charge is 0.220 e. The number of nitrogens with one attached hydrogen (secondary N) is 2. The van der Waals surface area contributed by atoms with Crippen molar-refractivity contribution in [3.8, 4) is 0 Å². The maximum atomic E-state index is 11.4. The van der Waals surface area contributed by atoms with Crippen LogP contribution in [0.2, 0.25) is 0 Å². The van der Waals surface area contributed by atoms with Crippen molar-refractivity contribution in [3.05, 3.63) is 34.3 Å². The largest absolute Gasteiger partial charge is 0.352 e. The molecule has 1 aromatic carbocycles. The van der Waals surface area contributed by atoms with Gasteiger partial charge in [-0.1, -0.05) is 34.1 Å². The fraction of sp³-hybridized carbons (Fsp3) is 0.417. The van der Waals surface area contributed by atoms with Gasteiger partial charge >= 0.3 is 0 Å². The van der Waals surface area contributed by atoms with Crippen molar-refractivity contribution in [2.75, 3.05) is 13.6 Å². The maximum absolute atomic E-state index is 11.4. The molecule has 0 aliphatic rings. The van der Waals surface area contributed by atoms with Crippen molar-refractivity contribution in [2.24, 2.45) is 0 Å². The summed E-state index contributed by atoms with van der Waals surface area (Å²) in [6.07, 6.45) is 1.45. The molecule has 1 rings (SSSR count). The molecule has 0 saturated heterocycles. The van der Waals surface area contributed by atoms with Crippen LogP contribution >= 0.6 is 15.9 Å². The number of carbonyl (C=O) groups is 1. The van der Waals surface area contributed by atoms with Crippen molar-refractivity contribution in [2.45, 2.75) is 19.4 Å². The quantitative estimate of drug-likeness (QED) is 0.786. The Morgan fingerprint density at radius 3 is 2.81 bits per heavy atom. The normalized spacial score (nSPS) is 10.1. The van der Waals surface area contributed by atoms with Crippen LogP contribution in [0.15, 0.2) is 28.7 Å². The Balaban J connectivity index is 2.29. The molecule has 1 aromatic rings. The van der Waals surface area contributed by atoms with E-state index in [1.807, 2.05) is 31.3 Å². The molecule has 0 spiro atoms. The Bertz CT molecular complexity index is 342. The molecule has 4 heteroatoms. The van der Waals surface area contributed by atoms with Crippen LogP contribution in [-0.4, -0.2) is 19.5 Å². The molecule has 0 radical (unpaired) electrons. The fourth-order valence-corrected chi connectivity index (χ4v) is 1.77. The van der Waals surface area contributed by atoms with Gasteiger partial charge in [-0.3, -0.25) is 4.79 Å². The molecule has 0 heterocycles. The third-order valence-electron chi connectivity index (χ3n) is 2.26. The SMILES string of the molecule is CNCCCC(=O)NCc1ccccc1Br. The van der Waals surface area contributed by atoms with Crippen LogP contribution in [-0.2, 0) is 11.3 Å². The molecule has 3 nitrogen and oxygen atoms in total. The minimum atomic E-state index is 0.103. The zero-order valence-electron chi connectivity index (χ0n) is 9.42. The molecular weight excluding hydrogens is 268 g/mol. The standard InChI is InChI=1S/C12H17BrN2O/c1-14-8-4-7-12(16)15-9-10-5-2-3-6-11(10)13/h2-3,5-6,14H,4,7-9H2,1H3,(H,15,16). The van der Waals surface area contributed by atoms with Gasteiger partial charge in [-0.25, -0.2) is 0 Å². The molecule has 1 amide bonds. The Morgan fingerprint density at radius 2 is 2.12 bits per heavy atom. The lowest BCUT2D eigenvalue weighted by atomic mass is 10.2. The van der Waals surface area contributed by atoms with Gasteiger partial charge < -0.3 is 10.6 Å². The highest BCUT2D eigenvalue weighted by Crippen LogP contribution is 2.15. The van der Waals surface area contributed by atoms with Gasteiger partial charge in [0.05, 0.1) is 0 Å². The first kappa shape index (κ1) is 13.2. The van der Waals surface area contributed by atoms with Gasteiger partial charge in [-0.15, -0.1) is 0 Å². The first-order valence-corrected chi connectivity index (χ1v) is 6.18. The molecule has 0 aromatic heterocycles. The van der Waals surface area contributed by atoms with Crippen LogP contribution in [0.3, 0.4) is 0 Å². The second-order valence-corrected chi connectivity index (χ2v) is 4.43.